The van der Waals surface area contributed by atoms with Crippen molar-refractivity contribution in [1.82, 2.24) is 29.7 Å². The Morgan fingerprint density at radius 2 is 1.00 bits per heavy atom. The first-order valence-electron chi connectivity index (χ1n) is 21.9. The summed E-state index contributed by atoms with van der Waals surface area (Å²) in [5.41, 5.74) is 4.91. The molecule has 11 heteroatoms. The van der Waals surface area contributed by atoms with Crippen LogP contribution in [0.4, 0.5) is 0 Å². The summed E-state index contributed by atoms with van der Waals surface area (Å²) in [6.07, 6.45) is 10.4. The quantitative estimate of drug-likeness (QED) is 0.0294. The summed E-state index contributed by atoms with van der Waals surface area (Å²) in [5, 5.41) is 15.3. The van der Waals surface area contributed by atoms with Crippen molar-refractivity contribution in [3.63, 3.8) is 0 Å². The molecule has 7 aromatic rings. The molecule has 0 aliphatic carbocycles. The van der Waals surface area contributed by atoms with E-state index in [4.69, 9.17) is 0 Å². The molecule has 6 aromatic carbocycles. The van der Waals surface area contributed by atoms with E-state index in [1.165, 1.54) is 4.90 Å². The highest BCUT2D eigenvalue weighted by atomic mass is 127. The average molecular weight is 927 g/mol. The van der Waals surface area contributed by atoms with E-state index >= 15 is 0 Å². The third-order valence-corrected chi connectivity index (χ3v) is 14.0. The molecule has 0 saturated carbocycles. The molecule has 1 aromatic heterocycles. The third kappa shape index (κ3) is 7.17. The van der Waals surface area contributed by atoms with Crippen molar-refractivity contribution in [3.8, 4) is 0 Å². The minimum absolute atomic E-state index is 0.133. The summed E-state index contributed by atoms with van der Waals surface area (Å²) < 4.78 is 2.87. The maximum Gasteiger partial charge on any atom is 0.261 e. The largest absolute Gasteiger partial charge is 0.303 e. The zero-order chi connectivity index (χ0) is 42.5. The first kappa shape index (κ1) is 41.1. The number of nitrogens with zero attached hydrogens (tertiary/aromatic N) is 6. The maximum atomic E-state index is 14.5. The van der Waals surface area contributed by atoms with Crippen molar-refractivity contribution in [3.05, 3.63) is 116 Å². The molecule has 2 aliphatic rings. The molecule has 0 spiro atoms. The lowest BCUT2D eigenvalue weighted by molar-refractivity contribution is 0.0514. The molecular formula is C50H51IN6O4. The molecule has 2 aliphatic heterocycles. The zero-order valence-electron chi connectivity index (χ0n) is 35.4. The summed E-state index contributed by atoms with van der Waals surface area (Å²) in [6, 6.07) is 23.2. The molecule has 61 heavy (non-hydrogen) atoms. The molecular weight excluding hydrogens is 875 g/mol. The first-order chi connectivity index (χ1) is 29.6. The third-order valence-electron chi connectivity index (χ3n) is 12.8. The number of unbranched alkanes of at least 4 members (excludes halogenated alkanes) is 6. The van der Waals surface area contributed by atoms with Crippen LogP contribution in [0.3, 0.4) is 0 Å². The molecule has 0 unspecified atom stereocenters. The highest BCUT2D eigenvalue weighted by molar-refractivity contribution is 14.1. The number of hydrogen-bond donors (Lipinski definition) is 0. The summed E-state index contributed by atoms with van der Waals surface area (Å²) in [4.78, 5) is 62.6. The Labute approximate surface area is 369 Å². The van der Waals surface area contributed by atoms with Gasteiger partial charge in [-0.2, -0.15) is 0 Å². The number of imide groups is 2. The van der Waals surface area contributed by atoms with Crippen LogP contribution >= 0.6 is 22.6 Å². The molecule has 0 atom stereocenters. The minimum atomic E-state index is -0.331. The molecule has 0 saturated heterocycles. The number of carbonyl (C=O) groups is 4. The van der Waals surface area contributed by atoms with Gasteiger partial charge in [0, 0.05) is 45.6 Å². The average Bonchev–Trinajstić information content (AvgIpc) is 3.59. The number of carbonyl (C=O) groups excluding carboxylic acids is 4. The predicted molar refractivity (Wildman–Crippen MR) is 249 cm³/mol. The molecule has 10 nitrogen and oxygen atoms in total. The van der Waals surface area contributed by atoms with Crippen LogP contribution in [0.15, 0.2) is 72.8 Å². The van der Waals surface area contributed by atoms with Crippen LogP contribution < -0.4 is 0 Å². The van der Waals surface area contributed by atoms with E-state index in [2.05, 4.69) is 51.7 Å². The van der Waals surface area contributed by atoms with E-state index in [1.807, 2.05) is 91.6 Å². The van der Waals surface area contributed by atoms with Crippen LogP contribution in [0.1, 0.15) is 136 Å². The van der Waals surface area contributed by atoms with Gasteiger partial charge in [0.1, 0.15) is 9.39 Å². The summed E-state index contributed by atoms with van der Waals surface area (Å²) in [6.45, 7) is 5.80. The van der Waals surface area contributed by atoms with Crippen LogP contribution in [-0.4, -0.2) is 73.5 Å². The normalized spacial score (nSPS) is 14.2. The van der Waals surface area contributed by atoms with Gasteiger partial charge in [0.05, 0.1) is 13.1 Å². The van der Waals surface area contributed by atoms with E-state index < -0.39 is 0 Å². The lowest BCUT2D eigenvalue weighted by Crippen LogP contribution is -2.47. The number of amides is 4. The van der Waals surface area contributed by atoms with Gasteiger partial charge in [-0.15, -0.1) is 5.10 Å². The summed E-state index contributed by atoms with van der Waals surface area (Å²) in [5.74, 6) is -1.08. The van der Waals surface area contributed by atoms with Crippen molar-refractivity contribution < 1.29 is 19.2 Å². The Morgan fingerprint density at radius 1 is 0.557 bits per heavy atom. The van der Waals surface area contributed by atoms with Crippen molar-refractivity contribution >= 4 is 89.3 Å². The smallest absolute Gasteiger partial charge is 0.261 e. The number of rotatable bonds is 17. The Balaban J connectivity index is 1.04. The molecule has 3 heterocycles. The summed E-state index contributed by atoms with van der Waals surface area (Å²) in [7, 11) is 4.01. The van der Waals surface area contributed by atoms with E-state index in [-0.39, 0.29) is 36.2 Å². The molecule has 312 valence electrons. The first-order valence-corrected chi connectivity index (χ1v) is 22.9. The second-order valence-corrected chi connectivity index (χ2v) is 18.2. The number of benzene rings is 6. The second-order valence-electron chi connectivity index (χ2n) is 17.2. The van der Waals surface area contributed by atoms with Crippen molar-refractivity contribution in [2.45, 2.75) is 104 Å². The van der Waals surface area contributed by atoms with E-state index in [0.717, 1.165) is 117 Å². The zero-order valence-corrected chi connectivity index (χ0v) is 37.5. The highest BCUT2D eigenvalue weighted by Crippen LogP contribution is 2.46. The lowest BCUT2D eigenvalue weighted by atomic mass is 9.82. The van der Waals surface area contributed by atoms with Crippen LogP contribution in [-0.2, 0) is 19.6 Å². The highest BCUT2D eigenvalue weighted by Gasteiger charge is 2.39. The van der Waals surface area contributed by atoms with Crippen LogP contribution in [0.2, 0.25) is 0 Å². The number of hydrogen-bond acceptors (Lipinski definition) is 7. The van der Waals surface area contributed by atoms with Crippen LogP contribution in [0.5, 0.6) is 0 Å². The van der Waals surface area contributed by atoms with E-state index in [0.29, 0.717) is 46.1 Å². The van der Waals surface area contributed by atoms with Crippen molar-refractivity contribution in [2.75, 3.05) is 14.1 Å². The van der Waals surface area contributed by atoms with Gasteiger partial charge in [-0.25, -0.2) is 4.68 Å². The molecule has 0 bridgehead atoms. The monoisotopic (exact) mass is 926 g/mol. The van der Waals surface area contributed by atoms with Crippen LogP contribution in [0.25, 0.3) is 43.1 Å². The topological polar surface area (TPSA) is 109 Å². The fourth-order valence-electron chi connectivity index (χ4n) is 9.77. The number of aromatic nitrogens is 3. The van der Waals surface area contributed by atoms with Gasteiger partial charge in [0.25, 0.3) is 23.6 Å². The van der Waals surface area contributed by atoms with Gasteiger partial charge < -0.3 is 4.90 Å². The number of halogens is 1. The van der Waals surface area contributed by atoms with Crippen molar-refractivity contribution in [1.29, 1.82) is 0 Å². The standard InChI is InChI=1S/C50H51IN6O4/c1-5-7-9-11-13-32(14-12-10-8-6-2)57-49(60)39-25-21-35-33-19-23-37-44-38(24-20-34(42(33)44)36-22-26-40(50(57)61)45(39)43(35)36)48(59)55(47(37)58)27-30-15-17-31(18-16-30)28-56-46(51)41(52-53-56)29-54(3)4/h15-26,32H,5-14,27-29H2,1-4H3. The van der Waals surface area contributed by atoms with Gasteiger partial charge in [-0.1, -0.05) is 119 Å². The van der Waals surface area contributed by atoms with Gasteiger partial charge in [0.2, 0.25) is 0 Å². The van der Waals surface area contributed by atoms with Crippen LogP contribution in [0, 0.1) is 3.70 Å². The molecule has 9 rings (SSSR count). The Hall–Kier alpha value is -5.27. The molecule has 4 amide bonds. The van der Waals surface area contributed by atoms with Crippen molar-refractivity contribution in [2.24, 2.45) is 0 Å². The lowest BCUT2D eigenvalue weighted by Gasteiger charge is -2.35. The van der Waals surface area contributed by atoms with E-state index in [9.17, 15) is 19.2 Å². The predicted octanol–water partition coefficient (Wildman–Crippen LogP) is 10.7. The fraction of sp³-hybridized carbons (Fsp3) is 0.360. The second kappa shape index (κ2) is 16.9. The maximum absolute atomic E-state index is 14.5. The Morgan fingerprint density at radius 3 is 1.44 bits per heavy atom. The molecule has 0 N–H and O–H groups in total. The number of fused-ring (bicyclic) bond motifs is 2. The summed E-state index contributed by atoms with van der Waals surface area (Å²) >= 11 is 2.28. The van der Waals surface area contributed by atoms with E-state index in [1.54, 1.807) is 4.90 Å². The Bertz CT molecular complexity index is 2730. The molecule has 0 radical (unpaired) electrons. The fourth-order valence-corrected chi connectivity index (χ4v) is 10.3. The van der Waals surface area contributed by atoms with Gasteiger partial charge in [-0.3, -0.25) is 29.0 Å². The SMILES string of the molecule is CCCCCCC(CCCCCC)N1C(=O)c2ccc3c4ccc5c6c(ccc(c7ccc(c2c37)C1=O)c64)C(=O)N(Cc1ccc(Cn2nnc(CN(C)C)c2I)cc1)C5=O. The Kier molecular flexibility index (Phi) is 11.4. The molecule has 0 fully saturated rings. The van der Waals surface area contributed by atoms with Gasteiger partial charge >= 0.3 is 0 Å². The van der Waals surface area contributed by atoms with Gasteiger partial charge in [0.15, 0.2) is 0 Å². The minimum Gasteiger partial charge on any atom is -0.303 e. The van der Waals surface area contributed by atoms with Gasteiger partial charge in [-0.05, 0) is 117 Å².